The van der Waals surface area contributed by atoms with Gasteiger partial charge in [-0.1, -0.05) is 6.92 Å². The van der Waals surface area contributed by atoms with E-state index in [1.165, 1.54) is 6.07 Å². The highest BCUT2D eigenvalue weighted by Crippen LogP contribution is 2.34. The third kappa shape index (κ3) is 1.86. The number of phenols is 1. The first-order valence-corrected chi connectivity index (χ1v) is 4.16. The lowest BCUT2D eigenvalue weighted by atomic mass is 10.1. The molecule has 0 unspecified atom stereocenters. The molecular formula is C10H14O3. The van der Waals surface area contributed by atoms with Crippen LogP contribution in [0.4, 0.5) is 0 Å². The minimum Gasteiger partial charge on any atom is -0.504 e. The van der Waals surface area contributed by atoms with Crippen LogP contribution in [0.1, 0.15) is 12.5 Å². The number of rotatable bonds is 3. The van der Waals surface area contributed by atoms with Crippen molar-refractivity contribution in [2.45, 2.75) is 13.3 Å². The molecule has 0 saturated carbocycles. The van der Waals surface area contributed by atoms with Crippen LogP contribution in [0.15, 0.2) is 12.1 Å². The third-order valence-corrected chi connectivity index (χ3v) is 1.94. The van der Waals surface area contributed by atoms with Crippen molar-refractivity contribution in [1.82, 2.24) is 0 Å². The Morgan fingerprint density at radius 2 is 1.92 bits per heavy atom. The van der Waals surface area contributed by atoms with Crippen molar-refractivity contribution in [3.63, 3.8) is 0 Å². The van der Waals surface area contributed by atoms with Gasteiger partial charge in [-0.25, -0.2) is 0 Å². The van der Waals surface area contributed by atoms with E-state index in [0.717, 1.165) is 12.0 Å². The highest BCUT2D eigenvalue weighted by Gasteiger charge is 2.09. The van der Waals surface area contributed by atoms with E-state index >= 15 is 0 Å². The molecule has 72 valence electrons. The summed E-state index contributed by atoms with van der Waals surface area (Å²) in [7, 11) is 3.11. The van der Waals surface area contributed by atoms with Gasteiger partial charge in [0.05, 0.1) is 14.2 Å². The zero-order valence-corrected chi connectivity index (χ0v) is 8.13. The van der Waals surface area contributed by atoms with Gasteiger partial charge in [-0.2, -0.15) is 0 Å². The van der Waals surface area contributed by atoms with E-state index in [-0.39, 0.29) is 5.75 Å². The quantitative estimate of drug-likeness (QED) is 0.776. The smallest absolute Gasteiger partial charge is 0.163 e. The van der Waals surface area contributed by atoms with Crippen molar-refractivity contribution >= 4 is 0 Å². The molecule has 0 amide bonds. The van der Waals surface area contributed by atoms with Crippen molar-refractivity contribution < 1.29 is 14.6 Å². The zero-order chi connectivity index (χ0) is 9.84. The van der Waals surface area contributed by atoms with E-state index in [4.69, 9.17) is 9.47 Å². The molecule has 0 heterocycles. The number of methoxy groups -OCH3 is 2. The second-order valence-corrected chi connectivity index (χ2v) is 2.69. The summed E-state index contributed by atoms with van der Waals surface area (Å²) >= 11 is 0. The van der Waals surface area contributed by atoms with Gasteiger partial charge in [-0.05, 0) is 12.5 Å². The average molecular weight is 182 g/mol. The standard InChI is InChI=1S/C10H14O3/c1-4-7-5-8(12-2)6-9(11)10(7)13-3/h5-6,11H,4H2,1-3H3. The molecule has 13 heavy (non-hydrogen) atoms. The maximum absolute atomic E-state index is 9.53. The summed E-state index contributed by atoms with van der Waals surface area (Å²) in [6, 6.07) is 3.40. The largest absolute Gasteiger partial charge is 0.504 e. The van der Waals surface area contributed by atoms with E-state index in [9.17, 15) is 5.11 Å². The van der Waals surface area contributed by atoms with Gasteiger partial charge in [0.25, 0.3) is 0 Å². The number of ether oxygens (including phenoxy) is 2. The summed E-state index contributed by atoms with van der Waals surface area (Å²) in [5.74, 6) is 1.30. The molecule has 0 aromatic heterocycles. The minimum absolute atomic E-state index is 0.124. The first-order valence-electron chi connectivity index (χ1n) is 4.16. The molecule has 0 spiro atoms. The van der Waals surface area contributed by atoms with E-state index in [1.807, 2.05) is 13.0 Å². The zero-order valence-electron chi connectivity index (χ0n) is 8.13. The fourth-order valence-electron chi connectivity index (χ4n) is 1.26. The van der Waals surface area contributed by atoms with Crippen LogP contribution in [0.25, 0.3) is 0 Å². The molecule has 0 aliphatic heterocycles. The van der Waals surface area contributed by atoms with Crippen molar-refractivity contribution in [3.8, 4) is 17.2 Å². The van der Waals surface area contributed by atoms with Gasteiger partial charge >= 0.3 is 0 Å². The molecule has 3 nitrogen and oxygen atoms in total. The van der Waals surface area contributed by atoms with Crippen LogP contribution < -0.4 is 9.47 Å². The molecular weight excluding hydrogens is 168 g/mol. The molecule has 0 radical (unpaired) electrons. The summed E-state index contributed by atoms with van der Waals surface area (Å²) < 4.78 is 10.1. The predicted molar refractivity (Wildman–Crippen MR) is 50.6 cm³/mol. The van der Waals surface area contributed by atoms with E-state index in [1.54, 1.807) is 14.2 Å². The van der Waals surface area contributed by atoms with Crippen molar-refractivity contribution in [2.24, 2.45) is 0 Å². The summed E-state index contributed by atoms with van der Waals surface area (Å²) in [5.41, 5.74) is 0.944. The topological polar surface area (TPSA) is 38.7 Å². The van der Waals surface area contributed by atoms with Crippen LogP contribution in [0.5, 0.6) is 17.2 Å². The monoisotopic (exact) mass is 182 g/mol. The lowest BCUT2D eigenvalue weighted by Crippen LogP contribution is -1.93. The van der Waals surface area contributed by atoms with Crippen LogP contribution in [0, 0.1) is 0 Å². The van der Waals surface area contributed by atoms with Gasteiger partial charge in [0.1, 0.15) is 5.75 Å². The summed E-state index contributed by atoms with van der Waals surface area (Å²) in [5, 5.41) is 9.53. The fourth-order valence-corrected chi connectivity index (χ4v) is 1.26. The van der Waals surface area contributed by atoms with Crippen LogP contribution >= 0.6 is 0 Å². The molecule has 1 N–H and O–H groups in total. The molecule has 3 heteroatoms. The van der Waals surface area contributed by atoms with Crippen molar-refractivity contribution in [2.75, 3.05) is 14.2 Å². The SMILES string of the molecule is CCc1cc(OC)cc(O)c1OC. The average Bonchev–Trinajstić information content (AvgIpc) is 2.16. The Kier molecular flexibility index (Phi) is 3.01. The Morgan fingerprint density at radius 3 is 2.38 bits per heavy atom. The second-order valence-electron chi connectivity index (χ2n) is 2.69. The molecule has 1 aromatic rings. The Hall–Kier alpha value is -1.38. The Bertz CT molecular complexity index is 294. The minimum atomic E-state index is 0.124. The first kappa shape index (κ1) is 9.71. The number of aryl methyl sites for hydroxylation is 1. The van der Waals surface area contributed by atoms with E-state index in [2.05, 4.69) is 0 Å². The van der Waals surface area contributed by atoms with Crippen LogP contribution in [0.2, 0.25) is 0 Å². The van der Waals surface area contributed by atoms with E-state index < -0.39 is 0 Å². The van der Waals surface area contributed by atoms with Crippen LogP contribution in [0.3, 0.4) is 0 Å². The fraction of sp³-hybridized carbons (Fsp3) is 0.400. The normalized spacial score (nSPS) is 9.77. The molecule has 0 aliphatic carbocycles. The highest BCUT2D eigenvalue weighted by molar-refractivity contribution is 5.50. The van der Waals surface area contributed by atoms with Crippen LogP contribution in [-0.2, 0) is 6.42 Å². The molecule has 0 atom stereocenters. The Labute approximate surface area is 77.9 Å². The van der Waals surface area contributed by atoms with E-state index in [0.29, 0.717) is 11.5 Å². The summed E-state index contributed by atoms with van der Waals surface area (Å²) in [4.78, 5) is 0. The number of benzene rings is 1. The molecule has 0 fully saturated rings. The molecule has 1 rings (SSSR count). The number of hydrogen-bond acceptors (Lipinski definition) is 3. The lowest BCUT2D eigenvalue weighted by Gasteiger charge is -2.10. The van der Waals surface area contributed by atoms with Gasteiger partial charge in [0.15, 0.2) is 11.5 Å². The van der Waals surface area contributed by atoms with Crippen LogP contribution in [-0.4, -0.2) is 19.3 Å². The van der Waals surface area contributed by atoms with Crippen molar-refractivity contribution in [1.29, 1.82) is 0 Å². The van der Waals surface area contributed by atoms with Gasteiger partial charge in [0, 0.05) is 11.6 Å². The molecule has 0 aliphatic rings. The van der Waals surface area contributed by atoms with Gasteiger partial charge in [-0.3, -0.25) is 0 Å². The first-order chi connectivity index (χ1) is 6.22. The number of phenolic OH excluding ortho intramolecular Hbond substituents is 1. The molecule has 0 bridgehead atoms. The number of aromatic hydroxyl groups is 1. The maximum Gasteiger partial charge on any atom is 0.163 e. The Balaban J connectivity index is 3.20. The van der Waals surface area contributed by atoms with Gasteiger partial charge < -0.3 is 14.6 Å². The number of hydrogen-bond donors (Lipinski definition) is 1. The van der Waals surface area contributed by atoms with Crippen molar-refractivity contribution in [3.05, 3.63) is 17.7 Å². The third-order valence-electron chi connectivity index (χ3n) is 1.94. The summed E-state index contributed by atoms with van der Waals surface area (Å²) in [6.07, 6.45) is 0.800. The maximum atomic E-state index is 9.53. The van der Waals surface area contributed by atoms with Gasteiger partial charge in [-0.15, -0.1) is 0 Å². The Morgan fingerprint density at radius 1 is 1.23 bits per heavy atom. The van der Waals surface area contributed by atoms with Gasteiger partial charge in [0.2, 0.25) is 0 Å². The predicted octanol–water partition coefficient (Wildman–Crippen LogP) is 1.97. The molecule has 1 aromatic carbocycles. The highest BCUT2D eigenvalue weighted by atomic mass is 16.5. The second kappa shape index (κ2) is 4.03. The lowest BCUT2D eigenvalue weighted by molar-refractivity contribution is 0.362. The molecule has 0 saturated heterocycles. The summed E-state index contributed by atoms with van der Waals surface area (Å²) in [6.45, 7) is 2.00.